The molecule has 0 radical (unpaired) electrons. The van der Waals surface area contributed by atoms with Crippen molar-refractivity contribution in [2.45, 2.75) is 6.42 Å². The first kappa shape index (κ1) is 16.9. The van der Waals surface area contributed by atoms with Gasteiger partial charge in [-0.05, 0) is 36.4 Å². The number of carbonyl (C=O) groups is 1. The molecule has 0 unspecified atom stereocenters. The number of amides is 1. The highest BCUT2D eigenvalue weighted by atomic mass is 19.1. The van der Waals surface area contributed by atoms with Gasteiger partial charge in [0, 0.05) is 30.5 Å². The molecule has 2 N–H and O–H groups in total. The molecule has 0 saturated heterocycles. The summed E-state index contributed by atoms with van der Waals surface area (Å²) in [4.78, 5) is 13.8. The van der Waals surface area contributed by atoms with Crippen molar-refractivity contribution in [3.63, 3.8) is 0 Å². The number of halogens is 2. The lowest BCUT2D eigenvalue weighted by molar-refractivity contribution is -0.115. The van der Waals surface area contributed by atoms with Gasteiger partial charge < -0.3 is 15.3 Å². The molecule has 122 valence electrons. The van der Waals surface area contributed by atoms with Crippen LogP contribution in [0.5, 0.6) is 0 Å². The molecule has 0 aliphatic carbocycles. The molecule has 23 heavy (non-hydrogen) atoms. The third-order valence-corrected chi connectivity index (χ3v) is 3.43. The van der Waals surface area contributed by atoms with E-state index in [0.29, 0.717) is 12.2 Å². The Balaban J connectivity index is 2.00. The Kier molecular flexibility index (Phi) is 5.65. The summed E-state index contributed by atoms with van der Waals surface area (Å²) < 4.78 is 27.0. The average Bonchev–Trinajstić information content (AvgIpc) is 2.52. The summed E-state index contributed by atoms with van der Waals surface area (Å²) in [6.45, 7) is 0.543. The Bertz CT molecular complexity index is 655. The maximum Gasteiger partial charge on any atom is 0.229 e. The maximum absolute atomic E-state index is 13.5. The first-order valence-electron chi connectivity index (χ1n) is 7.16. The van der Waals surface area contributed by atoms with Gasteiger partial charge in [0.15, 0.2) is 0 Å². The Morgan fingerprint density at radius 3 is 2.30 bits per heavy atom. The van der Waals surface area contributed by atoms with Crippen LogP contribution in [0.4, 0.5) is 20.2 Å². The van der Waals surface area contributed by atoms with Gasteiger partial charge in [0.25, 0.3) is 0 Å². The van der Waals surface area contributed by atoms with E-state index < -0.39 is 17.5 Å². The molecule has 4 nitrogen and oxygen atoms in total. The number of carbonyl (C=O) groups excluding carboxylic acids is 1. The van der Waals surface area contributed by atoms with E-state index in [4.69, 9.17) is 5.11 Å². The van der Waals surface area contributed by atoms with E-state index in [9.17, 15) is 13.6 Å². The number of aliphatic hydroxyl groups excluding tert-OH is 1. The third-order valence-electron chi connectivity index (χ3n) is 3.43. The molecule has 0 aliphatic heterocycles. The van der Waals surface area contributed by atoms with Crippen LogP contribution in [0.15, 0.2) is 42.5 Å². The highest BCUT2D eigenvalue weighted by Crippen LogP contribution is 2.18. The average molecular weight is 320 g/mol. The van der Waals surface area contributed by atoms with Gasteiger partial charge in [-0.15, -0.1) is 0 Å². The second-order valence-corrected chi connectivity index (χ2v) is 5.12. The minimum absolute atomic E-state index is 0.0448. The molecule has 1 amide bonds. The number of hydrogen-bond donors (Lipinski definition) is 2. The monoisotopic (exact) mass is 320 g/mol. The van der Waals surface area contributed by atoms with E-state index in [0.717, 1.165) is 17.8 Å². The largest absolute Gasteiger partial charge is 0.395 e. The Morgan fingerprint density at radius 1 is 1.13 bits per heavy atom. The third kappa shape index (κ3) is 4.50. The number of aliphatic hydroxyl groups is 1. The molecule has 6 heteroatoms. The number of nitrogens with zero attached hydrogens (tertiary/aromatic N) is 1. The quantitative estimate of drug-likeness (QED) is 0.860. The number of nitrogens with one attached hydrogen (secondary N) is 1. The lowest BCUT2D eigenvalue weighted by Crippen LogP contribution is -2.21. The van der Waals surface area contributed by atoms with Crippen molar-refractivity contribution in [2.75, 3.05) is 30.4 Å². The van der Waals surface area contributed by atoms with Gasteiger partial charge in [0.05, 0.1) is 13.0 Å². The number of likely N-dealkylation sites (N-methyl/N-ethyl adjacent to an activating group) is 1. The van der Waals surface area contributed by atoms with E-state index in [-0.39, 0.29) is 18.6 Å². The Morgan fingerprint density at radius 2 is 1.74 bits per heavy atom. The molecule has 0 saturated carbocycles. The fraction of sp³-hybridized carbons (Fsp3) is 0.235. The minimum Gasteiger partial charge on any atom is -0.395 e. The van der Waals surface area contributed by atoms with Crippen molar-refractivity contribution in [3.8, 4) is 0 Å². The summed E-state index contributed by atoms with van der Waals surface area (Å²) in [5.41, 5.74) is 1.18. The molecule has 2 rings (SSSR count). The van der Waals surface area contributed by atoms with Gasteiger partial charge in [0.2, 0.25) is 5.91 Å². The lowest BCUT2D eigenvalue weighted by atomic mass is 10.1. The normalized spacial score (nSPS) is 10.4. The standard InChI is InChI=1S/C17H18F2N2O2/c1-21(9-10-22)13-7-5-12(6-8-13)20-17(23)11-14-15(18)3-2-4-16(14)19/h2-8,22H,9-11H2,1H3,(H,20,23). The van der Waals surface area contributed by atoms with Gasteiger partial charge in [-0.25, -0.2) is 8.78 Å². The topological polar surface area (TPSA) is 52.6 Å². The highest BCUT2D eigenvalue weighted by Gasteiger charge is 2.13. The number of anilines is 2. The van der Waals surface area contributed by atoms with Crippen molar-refractivity contribution in [1.82, 2.24) is 0 Å². The van der Waals surface area contributed by atoms with Gasteiger partial charge in [-0.3, -0.25) is 4.79 Å². The zero-order valence-electron chi connectivity index (χ0n) is 12.7. The van der Waals surface area contributed by atoms with Crippen LogP contribution in [0, 0.1) is 11.6 Å². The highest BCUT2D eigenvalue weighted by molar-refractivity contribution is 5.92. The first-order valence-corrected chi connectivity index (χ1v) is 7.16. The molecular formula is C17H18F2N2O2. The fourth-order valence-corrected chi connectivity index (χ4v) is 2.15. The summed E-state index contributed by atoms with van der Waals surface area (Å²) in [6.07, 6.45) is -0.370. The van der Waals surface area contributed by atoms with Crippen LogP contribution in [-0.4, -0.2) is 31.2 Å². The van der Waals surface area contributed by atoms with Crippen molar-refractivity contribution >= 4 is 17.3 Å². The summed E-state index contributed by atoms with van der Waals surface area (Å²) in [5, 5.41) is 11.5. The molecule has 0 aromatic heterocycles. The summed E-state index contributed by atoms with van der Waals surface area (Å²) in [6, 6.07) is 10.5. The van der Waals surface area contributed by atoms with Crippen LogP contribution in [0.3, 0.4) is 0 Å². The van der Waals surface area contributed by atoms with Gasteiger partial charge in [0.1, 0.15) is 11.6 Å². The molecule has 0 bridgehead atoms. The zero-order valence-corrected chi connectivity index (χ0v) is 12.7. The van der Waals surface area contributed by atoms with Crippen LogP contribution in [0.25, 0.3) is 0 Å². The molecule has 2 aromatic carbocycles. The van der Waals surface area contributed by atoms with Gasteiger partial charge in [-0.2, -0.15) is 0 Å². The smallest absolute Gasteiger partial charge is 0.229 e. The number of hydrogen-bond acceptors (Lipinski definition) is 3. The van der Waals surface area contributed by atoms with Gasteiger partial charge in [-0.1, -0.05) is 6.07 Å². The van der Waals surface area contributed by atoms with Crippen molar-refractivity contribution in [3.05, 3.63) is 59.7 Å². The predicted molar refractivity (Wildman–Crippen MR) is 85.5 cm³/mol. The van der Waals surface area contributed by atoms with Crippen molar-refractivity contribution in [1.29, 1.82) is 0 Å². The number of benzene rings is 2. The van der Waals surface area contributed by atoms with E-state index in [1.807, 2.05) is 11.9 Å². The van der Waals surface area contributed by atoms with Crippen LogP contribution in [0.1, 0.15) is 5.56 Å². The van der Waals surface area contributed by atoms with Crippen molar-refractivity contribution in [2.24, 2.45) is 0 Å². The Hall–Kier alpha value is -2.47. The molecule has 2 aromatic rings. The molecular weight excluding hydrogens is 302 g/mol. The van der Waals surface area contributed by atoms with Crippen LogP contribution >= 0.6 is 0 Å². The second-order valence-electron chi connectivity index (χ2n) is 5.12. The first-order chi connectivity index (χ1) is 11.0. The predicted octanol–water partition coefficient (Wildman–Crippen LogP) is 2.57. The number of rotatable bonds is 6. The van der Waals surface area contributed by atoms with Crippen LogP contribution < -0.4 is 10.2 Å². The van der Waals surface area contributed by atoms with E-state index in [2.05, 4.69) is 5.32 Å². The molecule has 0 spiro atoms. The molecule has 0 fully saturated rings. The van der Waals surface area contributed by atoms with Crippen molar-refractivity contribution < 1.29 is 18.7 Å². The molecule has 0 heterocycles. The van der Waals surface area contributed by atoms with E-state index >= 15 is 0 Å². The fourth-order valence-electron chi connectivity index (χ4n) is 2.15. The molecule has 0 aliphatic rings. The van der Waals surface area contributed by atoms with Crippen LogP contribution in [-0.2, 0) is 11.2 Å². The molecule has 0 atom stereocenters. The SMILES string of the molecule is CN(CCO)c1ccc(NC(=O)Cc2c(F)cccc2F)cc1. The second kappa shape index (κ2) is 7.69. The lowest BCUT2D eigenvalue weighted by Gasteiger charge is -2.18. The van der Waals surface area contributed by atoms with E-state index in [1.165, 1.54) is 6.07 Å². The summed E-state index contributed by atoms with van der Waals surface area (Å²) in [7, 11) is 1.84. The Labute approximate surface area is 133 Å². The van der Waals surface area contributed by atoms with Crippen LogP contribution in [0.2, 0.25) is 0 Å². The van der Waals surface area contributed by atoms with Gasteiger partial charge >= 0.3 is 0 Å². The zero-order chi connectivity index (χ0) is 16.8. The summed E-state index contributed by atoms with van der Waals surface area (Å²) in [5.74, 6) is -1.97. The summed E-state index contributed by atoms with van der Waals surface area (Å²) >= 11 is 0. The maximum atomic E-state index is 13.5. The minimum atomic E-state index is -0.735. The van der Waals surface area contributed by atoms with E-state index in [1.54, 1.807) is 24.3 Å².